The third kappa shape index (κ3) is 4.84. The van der Waals surface area contributed by atoms with Crippen LogP contribution < -0.4 is 10.1 Å². The Kier molecular flexibility index (Phi) is 6.26. The summed E-state index contributed by atoms with van der Waals surface area (Å²) in [6, 6.07) is 23.8. The van der Waals surface area contributed by atoms with Gasteiger partial charge in [-0.25, -0.2) is 0 Å². The number of benzene rings is 3. The summed E-state index contributed by atoms with van der Waals surface area (Å²) in [6.45, 7) is 3.16. The molecule has 3 aromatic rings. The summed E-state index contributed by atoms with van der Waals surface area (Å²) in [5, 5.41) is 4.02. The molecule has 4 heteroatoms. The van der Waals surface area contributed by atoms with Gasteiger partial charge in [0.05, 0.1) is 5.56 Å². The number of halogens is 1. The Morgan fingerprint density at radius 2 is 1.77 bits per heavy atom. The lowest BCUT2D eigenvalue weighted by molar-refractivity contribution is 0.305. The Labute approximate surface area is 164 Å². The molecule has 0 saturated heterocycles. The number of hydrogen-bond donors (Lipinski definition) is 1. The van der Waals surface area contributed by atoms with Crippen molar-refractivity contribution in [2.45, 2.75) is 20.1 Å². The molecule has 0 aliphatic heterocycles. The number of rotatable bonds is 6. The first-order valence-corrected chi connectivity index (χ1v) is 9.21. The highest BCUT2D eigenvalue weighted by atomic mass is 35.5. The fourth-order valence-electron chi connectivity index (χ4n) is 2.65. The Hall–Kier alpha value is -2.36. The van der Waals surface area contributed by atoms with E-state index < -0.39 is 0 Å². The molecule has 0 bridgehead atoms. The van der Waals surface area contributed by atoms with Gasteiger partial charge in [-0.3, -0.25) is 0 Å². The van der Waals surface area contributed by atoms with Crippen molar-refractivity contribution in [2.75, 3.05) is 0 Å². The molecule has 0 aliphatic rings. The quantitative estimate of drug-likeness (QED) is 0.554. The lowest BCUT2D eigenvalue weighted by atomic mass is 10.1. The molecular formula is C22H20ClNOS. The van der Waals surface area contributed by atoms with Gasteiger partial charge >= 0.3 is 0 Å². The first kappa shape index (κ1) is 18.4. The van der Waals surface area contributed by atoms with Crippen LogP contribution in [0.4, 0.5) is 0 Å². The maximum atomic E-state index is 6.20. The maximum absolute atomic E-state index is 6.20. The molecule has 0 radical (unpaired) electrons. The minimum Gasteiger partial charge on any atom is -0.488 e. The van der Waals surface area contributed by atoms with E-state index in [4.69, 9.17) is 28.6 Å². The zero-order valence-corrected chi connectivity index (χ0v) is 16.1. The number of aryl methyl sites for hydroxylation is 1. The minimum absolute atomic E-state index is 0.400. The van der Waals surface area contributed by atoms with E-state index >= 15 is 0 Å². The van der Waals surface area contributed by atoms with Gasteiger partial charge in [-0.15, -0.1) is 0 Å². The molecule has 0 spiro atoms. The Morgan fingerprint density at radius 3 is 2.58 bits per heavy atom. The highest BCUT2D eigenvalue weighted by molar-refractivity contribution is 7.80. The van der Waals surface area contributed by atoms with Gasteiger partial charge in [-0.2, -0.15) is 0 Å². The van der Waals surface area contributed by atoms with Crippen LogP contribution in [-0.2, 0) is 13.2 Å². The lowest BCUT2D eigenvalue weighted by Crippen LogP contribution is -2.22. The van der Waals surface area contributed by atoms with Crippen LogP contribution >= 0.6 is 23.8 Å². The van der Waals surface area contributed by atoms with Crippen LogP contribution in [0.3, 0.4) is 0 Å². The highest BCUT2D eigenvalue weighted by Crippen LogP contribution is 2.22. The van der Waals surface area contributed by atoms with E-state index in [-0.39, 0.29) is 0 Å². The molecule has 0 aliphatic carbocycles. The second kappa shape index (κ2) is 8.84. The van der Waals surface area contributed by atoms with Gasteiger partial charge in [0, 0.05) is 17.1 Å². The second-order valence-electron chi connectivity index (χ2n) is 6.05. The van der Waals surface area contributed by atoms with Crippen molar-refractivity contribution >= 4 is 28.8 Å². The molecule has 0 fully saturated rings. The van der Waals surface area contributed by atoms with E-state index in [0.717, 1.165) is 16.9 Å². The molecule has 26 heavy (non-hydrogen) atoms. The van der Waals surface area contributed by atoms with E-state index in [1.54, 1.807) is 0 Å². The minimum atomic E-state index is 0.400. The molecule has 3 aromatic carbocycles. The van der Waals surface area contributed by atoms with Crippen LogP contribution in [0.5, 0.6) is 5.75 Å². The second-order valence-corrected chi connectivity index (χ2v) is 6.86. The monoisotopic (exact) mass is 381 g/mol. The summed E-state index contributed by atoms with van der Waals surface area (Å²) in [5.74, 6) is 0.745. The van der Waals surface area contributed by atoms with Gasteiger partial charge in [0.2, 0.25) is 0 Å². The van der Waals surface area contributed by atoms with Crippen molar-refractivity contribution < 1.29 is 4.74 Å². The van der Waals surface area contributed by atoms with E-state index in [1.165, 1.54) is 11.1 Å². The summed E-state index contributed by atoms with van der Waals surface area (Å²) in [4.78, 5) is 0.668. The van der Waals surface area contributed by atoms with Crippen molar-refractivity contribution in [3.8, 4) is 5.75 Å². The smallest absolute Gasteiger partial charge is 0.129 e. The molecule has 0 amide bonds. The Morgan fingerprint density at radius 1 is 1.00 bits per heavy atom. The topological polar surface area (TPSA) is 21.3 Å². The average molecular weight is 382 g/mol. The van der Waals surface area contributed by atoms with Gasteiger partial charge in [-0.1, -0.05) is 84.0 Å². The first-order chi connectivity index (χ1) is 12.6. The normalized spacial score (nSPS) is 10.4. The van der Waals surface area contributed by atoms with Crippen LogP contribution in [0.15, 0.2) is 72.8 Å². The molecule has 1 N–H and O–H groups in total. The van der Waals surface area contributed by atoms with Crippen LogP contribution in [0.25, 0.3) is 0 Å². The molecule has 0 unspecified atom stereocenters. The number of hydrogen-bond acceptors (Lipinski definition) is 2. The predicted octanol–water partition coefficient (Wildman–Crippen LogP) is 5.69. The van der Waals surface area contributed by atoms with E-state index in [2.05, 4.69) is 36.5 Å². The maximum Gasteiger partial charge on any atom is 0.129 e. The van der Waals surface area contributed by atoms with E-state index in [0.29, 0.717) is 23.2 Å². The standard InChI is InChI=1S/C22H20ClNOS/c1-16-7-6-8-17(13-16)14-24-22(26)19-10-3-5-12-21(19)25-15-18-9-2-4-11-20(18)23/h2-13H,14-15H2,1H3,(H,24,26). The summed E-state index contributed by atoms with van der Waals surface area (Å²) in [5.41, 5.74) is 4.25. The van der Waals surface area contributed by atoms with Gasteiger partial charge in [-0.05, 0) is 30.7 Å². The molecule has 0 heterocycles. The average Bonchev–Trinajstić information content (AvgIpc) is 2.66. The van der Waals surface area contributed by atoms with Gasteiger partial charge < -0.3 is 10.1 Å². The van der Waals surface area contributed by atoms with Crippen molar-refractivity contribution in [1.82, 2.24) is 5.32 Å². The Balaban J connectivity index is 1.68. The fourth-order valence-corrected chi connectivity index (χ4v) is 3.08. The highest BCUT2D eigenvalue weighted by Gasteiger charge is 2.09. The van der Waals surface area contributed by atoms with Crippen LogP contribution in [-0.4, -0.2) is 4.99 Å². The third-order valence-electron chi connectivity index (χ3n) is 4.01. The van der Waals surface area contributed by atoms with Gasteiger partial charge in [0.1, 0.15) is 17.3 Å². The molecule has 0 aromatic heterocycles. The van der Waals surface area contributed by atoms with Gasteiger partial charge in [0.15, 0.2) is 0 Å². The summed E-state index contributed by atoms with van der Waals surface area (Å²) in [6.07, 6.45) is 0. The summed E-state index contributed by atoms with van der Waals surface area (Å²) < 4.78 is 5.98. The van der Waals surface area contributed by atoms with Crippen LogP contribution in [0, 0.1) is 6.92 Å². The number of para-hydroxylation sites is 1. The first-order valence-electron chi connectivity index (χ1n) is 8.42. The molecule has 3 rings (SSSR count). The lowest BCUT2D eigenvalue weighted by Gasteiger charge is -2.14. The molecule has 132 valence electrons. The third-order valence-corrected chi connectivity index (χ3v) is 4.74. The number of ether oxygens (including phenoxy) is 1. The SMILES string of the molecule is Cc1cccc(CNC(=S)c2ccccc2OCc2ccccc2Cl)c1. The number of thiocarbonyl (C=S) groups is 1. The molecular weight excluding hydrogens is 362 g/mol. The summed E-state index contributed by atoms with van der Waals surface area (Å²) in [7, 11) is 0. The zero-order chi connectivity index (χ0) is 18.4. The fraction of sp³-hybridized carbons (Fsp3) is 0.136. The molecule has 0 atom stereocenters. The Bertz CT molecular complexity index is 910. The zero-order valence-electron chi connectivity index (χ0n) is 14.5. The largest absolute Gasteiger partial charge is 0.488 e. The number of nitrogens with one attached hydrogen (secondary N) is 1. The van der Waals surface area contributed by atoms with Gasteiger partial charge in [0.25, 0.3) is 0 Å². The molecule has 0 saturated carbocycles. The summed E-state index contributed by atoms with van der Waals surface area (Å²) >= 11 is 11.8. The van der Waals surface area contributed by atoms with E-state index in [1.807, 2.05) is 48.5 Å². The van der Waals surface area contributed by atoms with Crippen LogP contribution in [0.2, 0.25) is 5.02 Å². The molecule has 2 nitrogen and oxygen atoms in total. The van der Waals surface area contributed by atoms with Crippen LogP contribution in [0.1, 0.15) is 22.3 Å². The van der Waals surface area contributed by atoms with Crippen molar-refractivity contribution in [3.63, 3.8) is 0 Å². The predicted molar refractivity (Wildman–Crippen MR) is 112 cm³/mol. The van der Waals surface area contributed by atoms with Crippen molar-refractivity contribution in [3.05, 3.63) is 100 Å². The van der Waals surface area contributed by atoms with Crippen molar-refractivity contribution in [1.29, 1.82) is 0 Å². The van der Waals surface area contributed by atoms with E-state index in [9.17, 15) is 0 Å². The van der Waals surface area contributed by atoms with Crippen molar-refractivity contribution in [2.24, 2.45) is 0 Å².